The van der Waals surface area contributed by atoms with Gasteiger partial charge in [-0.15, -0.1) is 0 Å². The number of phenolic OH excluding ortho intramolecular Hbond substituents is 12. The van der Waals surface area contributed by atoms with Crippen LogP contribution >= 0.6 is 0 Å². The lowest BCUT2D eigenvalue weighted by atomic mass is 9.73. The number of aliphatic hydroxyl groups is 3. The van der Waals surface area contributed by atoms with Crippen LogP contribution in [0.25, 0.3) is 0 Å². The van der Waals surface area contributed by atoms with Crippen LogP contribution in [0.1, 0.15) is 74.7 Å². The first-order valence-corrected chi connectivity index (χ1v) is 19.3. The van der Waals surface area contributed by atoms with Gasteiger partial charge in [0.2, 0.25) is 0 Å². The Balaban J connectivity index is 1.31. The second-order valence-corrected chi connectivity index (χ2v) is 15.7. The molecule has 6 aromatic rings. The van der Waals surface area contributed by atoms with Gasteiger partial charge in [0.05, 0.1) is 17.9 Å². The van der Waals surface area contributed by atoms with Gasteiger partial charge in [0.1, 0.15) is 70.1 Å². The van der Waals surface area contributed by atoms with E-state index in [4.69, 9.17) is 14.2 Å². The molecule has 0 spiro atoms. The second kappa shape index (κ2) is 14.7. The molecule has 0 fully saturated rings. The summed E-state index contributed by atoms with van der Waals surface area (Å²) in [4.78, 5) is 0. The Morgan fingerprint density at radius 3 is 1.29 bits per heavy atom. The van der Waals surface area contributed by atoms with Crippen molar-refractivity contribution in [3.8, 4) is 86.2 Å². The van der Waals surface area contributed by atoms with Gasteiger partial charge in [-0.1, -0.05) is 18.2 Å². The Kier molecular flexibility index (Phi) is 9.46. The minimum absolute atomic E-state index is 0.0127. The van der Waals surface area contributed by atoms with Crippen molar-refractivity contribution in [2.24, 2.45) is 0 Å². The molecule has 3 aliphatic rings. The van der Waals surface area contributed by atoms with E-state index in [2.05, 4.69) is 0 Å². The third-order valence-corrected chi connectivity index (χ3v) is 11.8. The smallest absolute Gasteiger partial charge is 0.157 e. The SMILES string of the molecule is Oc1cc(O)c2c(c1)O[C@H](c1ccc(O)c(O)c1)[C@H](O)C2c1c(O)cc(O)c2c1O[C@H](c1ccc(O)c(O)c1)[C@H](O)C2c1c(O)cc(O)c2c1O[C@H](c1ccc(O)c(O)c1)C(O)C2. The summed E-state index contributed by atoms with van der Waals surface area (Å²) in [5, 5.41) is 166. The third-order valence-electron chi connectivity index (χ3n) is 11.8. The van der Waals surface area contributed by atoms with E-state index in [1.54, 1.807) is 0 Å². The van der Waals surface area contributed by atoms with Crippen LogP contribution in [-0.4, -0.2) is 94.9 Å². The molecule has 63 heavy (non-hydrogen) atoms. The summed E-state index contributed by atoms with van der Waals surface area (Å²) in [6.07, 6.45) is -9.93. The summed E-state index contributed by atoms with van der Waals surface area (Å²) >= 11 is 0. The molecule has 0 radical (unpaired) electrons. The summed E-state index contributed by atoms with van der Waals surface area (Å²) < 4.78 is 18.9. The quantitative estimate of drug-likeness (QED) is 0.106. The second-order valence-electron chi connectivity index (χ2n) is 15.7. The van der Waals surface area contributed by atoms with Crippen molar-refractivity contribution < 1.29 is 90.8 Å². The van der Waals surface area contributed by atoms with Gasteiger partial charge in [-0.25, -0.2) is 0 Å². The zero-order valence-electron chi connectivity index (χ0n) is 32.3. The molecule has 9 rings (SSSR count). The monoisotopic (exact) mass is 866 g/mol. The van der Waals surface area contributed by atoms with Crippen molar-refractivity contribution in [2.45, 2.75) is 54.9 Å². The number of aromatic hydroxyl groups is 12. The van der Waals surface area contributed by atoms with Gasteiger partial charge in [-0.3, -0.25) is 0 Å². The van der Waals surface area contributed by atoms with E-state index in [0.29, 0.717) is 0 Å². The van der Waals surface area contributed by atoms with Crippen LogP contribution in [0.4, 0.5) is 0 Å². The Hall–Kier alpha value is -7.80. The van der Waals surface area contributed by atoms with Crippen LogP contribution in [0, 0.1) is 0 Å². The van der Waals surface area contributed by atoms with Gasteiger partial charge in [0.25, 0.3) is 0 Å². The number of aliphatic hydroxyl groups excluding tert-OH is 3. The summed E-state index contributed by atoms with van der Waals surface area (Å²) in [5.41, 5.74) is -1.10. The standard InChI is InChI=1S/C45H38O18/c46-18-10-27(54)33-32(11-18)61-42(16-2-5-21(48)25(52)8-16)39(59)37(33)35-29(56)14-30(57)36-38(40(60)43(63-45(35)36)17-3-6-22(49)26(53)9-17)34-28(55)13-23(50)19-12-31(58)41(62-44(19)34)15-1-4-20(47)24(51)7-15/h1-11,13-14,31,37-43,46-60H,12H2/t31?,37?,38?,39-,40-,41-,42-,43-/m1/s1. The van der Waals surface area contributed by atoms with Gasteiger partial charge in [-0.05, 0) is 53.1 Å². The van der Waals surface area contributed by atoms with E-state index in [0.717, 1.165) is 60.7 Å². The molecule has 0 aliphatic carbocycles. The molecule has 6 aromatic carbocycles. The maximum atomic E-state index is 12.5. The van der Waals surface area contributed by atoms with E-state index >= 15 is 0 Å². The summed E-state index contributed by atoms with van der Waals surface area (Å²) in [6, 6.07) is 14.4. The minimum Gasteiger partial charge on any atom is -0.508 e. The maximum absolute atomic E-state index is 12.5. The number of fused-ring (bicyclic) bond motifs is 3. The largest absolute Gasteiger partial charge is 0.508 e. The predicted molar refractivity (Wildman–Crippen MR) is 214 cm³/mol. The Morgan fingerprint density at radius 2 is 0.778 bits per heavy atom. The highest BCUT2D eigenvalue weighted by Crippen LogP contribution is 2.62. The molecular weight excluding hydrogens is 828 g/mol. The van der Waals surface area contributed by atoms with Crippen molar-refractivity contribution >= 4 is 0 Å². The fourth-order valence-corrected chi connectivity index (χ4v) is 8.94. The molecule has 8 atom stereocenters. The van der Waals surface area contributed by atoms with Crippen LogP contribution in [0.2, 0.25) is 0 Å². The number of hydrogen-bond acceptors (Lipinski definition) is 18. The molecule has 18 heteroatoms. The highest BCUT2D eigenvalue weighted by molar-refractivity contribution is 5.70. The molecule has 3 heterocycles. The minimum atomic E-state index is -1.90. The number of phenols is 12. The van der Waals surface area contributed by atoms with Crippen molar-refractivity contribution in [2.75, 3.05) is 0 Å². The molecular formula is C45H38O18. The van der Waals surface area contributed by atoms with Crippen molar-refractivity contribution in [3.63, 3.8) is 0 Å². The Morgan fingerprint density at radius 1 is 0.365 bits per heavy atom. The molecule has 0 amide bonds. The van der Waals surface area contributed by atoms with Gasteiger partial charge >= 0.3 is 0 Å². The summed E-state index contributed by atoms with van der Waals surface area (Å²) in [7, 11) is 0. The lowest BCUT2D eigenvalue weighted by molar-refractivity contribution is -0.00562. The van der Waals surface area contributed by atoms with Gasteiger partial charge in [0, 0.05) is 58.5 Å². The topological polar surface area (TPSA) is 331 Å². The Bertz CT molecular complexity index is 2840. The zero-order valence-corrected chi connectivity index (χ0v) is 32.3. The van der Waals surface area contributed by atoms with E-state index in [1.807, 2.05) is 0 Å². The van der Waals surface area contributed by atoms with E-state index < -0.39 is 123 Å². The van der Waals surface area contributed by atoms with Gasteiger partial charge in [-0.2, -0.15) is 0 Å². The van der Waals surface area contributed by atoms with Crippen LogP contribution in [0.15, 0.2) is 78.9 Å². The summed E-state index contributed by atoms with van der Waals surface area (Å²) in [6.45, 7) is 0. The summed E-state index contributed by atoms with van der Waals surface area (Å²) in [5.74, 6) is -11.5. The van der Waals surface area contributed by atoms with Crippen LogP contribution in [0.5, 0.6) is 86.2 Å². The lowest BCUT2D eigenvalue weighted by Gasteiger charge is -2.43. The first-order chi connectivity index (χ1) is 29.9. The maximum Gasteiger partial charge on any atom is 0.157 e. The van der Waals surface area contributed by atoms with E-state index in [9.17, 15) is 76.6 Å². The lowest BCUT2D eigenvalue weighted by Crippen LogP contribution is -2.39. The first-order valence-electron chi connectivity index (χ1n) is 19.3. The normalized spacial score (nSPS) is 23.6. The number of benzene rings is 6. The van der Waals surface area contributed by atoms with Crippen LogP contribution in [-0.2, 0) is 6.42 Å². The number of hydrogen-bond donors (Lipinski definition) is 15. The highest BCUT2D eigenvalue weighted by Gasteiger charge is 2.51. The molecule has 326 valence electrons. The average Bonchev–Trinajstić information content (AvgIpc) is 3.22. The van der Waals surface area contributed by atoms with Crippen molar-refractivity contribution in [1.82, 2.24) is 0 Å². The molecule has 0 saturated carbocycles. The molecule has 15 N–H and O–H groups in total. The van der Waals surface area contributed by atoms with Gasteiger partial charge in [0.15, 0.2) is 46.7 Å². The van der Waals surface area contributed by atoms with Gasteiger partial charge < -0.3 is 90.8 Å². The highest BCUT2D eigenvalue weighted by atomic mass is 16.5. The fraction of sp³-hybridized carbons (Fsp3) is 0.200. The van der Waals surface area contributed by atoms with E-state index in [-0.39, 0.29) is 62.4 Å². The third kappa shape index (κ3) is 6.46. The fourth-order valence-electron chi connectivity index (χ4n) is 8.94. The molecule has 0 bridgehead atoms. The number of rotatable bonds is 5. The number of ether oxygens (including phenoxy) is 3. The zero-order chi connectivity index (χ0) is 44.9. The van der Waals surface area contributed by atoms with Crippen molar-refractivity contribution in [1.29, 1.82) is 0 Å². The molecule has 0 saturated heterocycles. The molecule has 18 nitrogen and oxygen atoms in total. The van der Waals surface area contributed by atoms with Crippen molar-refractivity contribution in [3.05, 3.63) is 123 Å². The molecule has 0 aromatic heterocycles. The van der Waals surface area contributed by atoms with E-state index in [1.165, 1.54) is 18.2 Å². The van der Waals surface area contributed by atoms with Crippen LogP contribution in [0.3, 0.4) is 0 Å². The first kappa shape index (κ1) is 40.6. The molecule has 3 unspecified atom stereocenters. The van der Waals surface area contributed by atoms with Crippen LogP contribution < -0.4 is 14.2 Å². The predicted octanol–water partition coefficient (Wildman–Crippen LogP) is 4.44. The average molecular weight is 867 g/mol. The Labute approximate surface area is 354 Å². The molecule has 3 aliphatic heterocycles.